The molecule has 0 atom stereocenters. The van der Waals surface area contributed by atoms with E-state index in [2.05, 4.69) is 31.1 Å². The largest absolute Gasteiger partial charge is 0.334 e. The molecule has 0 saturated carbocycles. The summed E-state index contributed by atoms with van der Waals surface area (Å²) in [5, 5.41) is 4.03. The van der Waals surface area contributed by atoms with E-state index in [0.29, 0.717) is 18.3 Å². The Morgan fingerprint density at radius 3 is 2.81 bits per heavy atom. The molecule has 106 valence electrons. The maximum absolute atomic E-state index is 5.59. The number of nitrogens with zero attached hydrogens (tertiary/aromatic N) is 3. The zero-order chi connectivity index (χ0) is 14.8. The molecule has 1 aromatic carbocycles. The monoisotopic (exact) mass is 344 g/mol. The van der Waals surface area contributed by atoms with Gasteiger partial charge in [-0.15, -0.1) is 0 Å². The van der Waals surface area contributed by atoms with E-state index in [4.69, 9.17) is 10.3 Å². The lowest BCUT2D eigenvalue weighted by Crippen LogP contribution is -1.98. The van der Waals surface area contributed by atoms with Crippen molar-refractivity contribution in [2.75, 3.05) is 0 Å². The zero-order valence-corrected chi connectivity index (χ0v) is 13.0. The normalized spacial score (nSPS) is 10.8. The lowest BCUT2D eigenvalue weighted by molar-refractivity contribution is 0.432. The summed E-state index contributed by atoms with van der Waals surface area (Å²) in [5.74, 6) is 1.01. The van der Waals surface area contributed by atoms with E-state index in [1.165, 1.54) is 0 Å². The van der Waals surface area contributed by atoms with Gasteiger partial charge in [-0.1, -0.05) is 33.2 Å². The molecule has 2 aromatic heterocycles. The first-order valence-corrected chi connectivity index (χ1v) is 7.22. The van der Waals surface area contributed by atoms with Crippen LogP contribution < -0.4 is 5.73 Å². The first-order valence-electron chi connectivity index (χ1n) is 6.43. The van der Waals surface area contributed by atoms with Gasteiger partial charge in [0.15, 0.2) is 0 Å². The van der Waals surface area contributed by atoms with Crippen LogP contribution in [0.4, 0.5) is 0 Å². The standard InChI is InChI=1S/C15H13BrN4O/c1-9-2-3-10(7-13(9)16)14-19-15(21-20-14)11-4-5-18-12(6-11)8-17/h2-7H,8,17H2,1H3. The predicted molar refractivity (Wildman–Crippen MR) is 83.3 cm³/mol. The fraction of sp³-hybridized carbons (Fsp3) is 0.133. The highest BCUT2D eigenvalue weighted by Gasteiger charge is 2.12. The second kappa shape index (κ2) is 5.75. The molecule has 0 saturated heterocycles. The molecule has 0 aliphatic rings. The molecule has 0 radical (unpaired) electrons. The van der Waals surface area contributed by atoms with E-state index in [-0.39, 0.29) is 0 Å². The molecule has 0 bridgehead atoms. The third-order valence-corrected chi connectivity index (χ3v) is 3.98. The minimum absolute atomic E-state index is 0.375. The van der Waals surface area contributed by atoms with Gasteiger partial charge in [-0.25, -0.2) is 0 Å². The van der Waals surface area contributed by atoms with Gasteiger partial charge in [0.2, 0.25) is 5.82 Å². The van der Waals surface area contributed by atoms with Crippen LogP contribution >= 0.6 is 15.9 Å². The average Bonchev–Trinajstić information content (AvgIpc) is 3.00. The van der Waals surface area contributed by atoms with Crippen molar-refractivity contribution < 1.29 is 4.52 Å². The smallest absolute Gasteiger partial charge is 0.258 e. The van der Waals surface area contributed by atoms with Gasteiger partial charge in [0.05, 0.1) is 5.69 Å². The van der Waals surface area contributed by atoms with Crippen molar-refractivity contribution in [2.45, 2.75) is 13.5 Å². The van der Waals surface area contributed by atoms with Crippen LogP contribution in [0.1, 0.15) is 11.3 Å². The summed E-state index contributed by atoms with van der Waals surface area (Å²) in [7, 11) is 0. The molecule has 0 unspecified atom stereocenters. The predicted octanol–water partition coefficient (Wildman–Crippen LogP) is 3.33. The Kier molecular flexibility index (Phi) is 3.81. The van der Waals surface area contributed by atoms with Gasteiger partial charge in [0.25, 0.3) is 5.89 Å². The Bertz CT molecular complexity index is 785. The quantitative estimate of drug-likeness (QED) is 0.788. The molecule has 6 heteroatoms. The van der Waals surface area contributed by atoms with E-state index < -0.39 is 0 Å². The van der Waals surface area contributed by atoms with Gasteiger partial charge < -0.3 is 10.3 Å². The number of nitrogens with two attached hydrogens (primary N) is 1. The van der Waals surface area contributed by atoms with E-state index in [1.807, 2.05) is 37.3 Å². The highest BCUT2D eigenvalue weighted by atomic mass is 79.9. The molecule has 21 heavy (non-hydrogen) atoms. The number of aromatic nitrogens is 3. The maximum Gasteiger partial charge on any atom is 0.258 e. The van der Waals surface area contributed by atoms with Crippen molar-refractivity contribution in [1.82, 2.24) is 15.1 Å². The maximum atomic E-state index is 5.59. The van der Waals surface area contributed by atoms with E-state index in [1.54, 1.807) is 6.20 Å². The third kappa shape index (κ3) is 2.86. The summed E-state index contributed by atoms with van der Waals surface area (Å²) in [6, 6.07) is 9.62. The Morgan fingerprint density at radius 1 is 1.19 bits per heavy atom. The molecule has 0 amide bonds. The second-order valence-corrected chi connectivity index (χ2v) is 5.48. The molecule has 0 fully saturated rings. The molecule has 5 nitrogen and oxygen atoms in total. The van der Waals surface area contributed by atoms with Crippen LogP contribution in [0.25, 0.3) is 22.8 Å². The number of rotatable bonds is 3. The second-order valence-electron chi connectivity index (χ2n) is 4.63. The van der Waals surface area contributed by atoms with Crippen LogP contribution in [-0.4, -0.2) is 15.1 Å². The molecule has 0 spiro atoms. The van der Waals surface area contributed by atoms with Crippen LogP contribution in [-0.2, 0) is 6.54 Å². The summed E-state index contributed by atoms with van der Waals surface area (Å²) < 4.78 is 6.34. The summed E-state index contributed by atoms with van der Waals surface area (Å²) >= 11 is 3.51. The number of aryl methyl sites for hydroxylation is 1. The van der Waals surface area contributed by atoms with Crippen molar-refractivity contribution in [2.24, 2.45) is 5.73 Å². The molecule has 0 aliphatic carbocycles. The van der Waals surface area contributed by atoms with Crippen molar-refractivity contribution in [3.63, 3.8) is 0 Å². The first-order chi connectivity index (χ1) is 10.2. The van der Waals surface area contributed by atoms with E-state index in [0.717, 1.165) is 26.9 Å². The number of hydrogen-bond donors (Lipinski definition) is 1. The molecule has 3 aromatic rings. The van der Waals surface area contributed by atoms with Crippen LogP contribution in [0.3, 0.4) is 0 Å². The summed E-state index contributed by atoms with van der Waals surface area (Å²) in [6.07, 6.45) is 1.68. The van der Waals surface area contributed by atoms with Crippen molar-refractivity contribution in [3.05, 3.63) is 52.3 Å². The molecular formula is C15H13BrN4O. The van der Waals surface area contributed by atoms with E-state index in [9.17, 15) is 0 Å². The molecule has 2 heterocycles. The Labute approximate surface area is 130 Å². The molecule has 3 rings (SSSR count). The number of halogens is 1. The van der Waals surface area contributed by atoms with Crippen molar-refractivity contribution >= 4 is 15.9 Å². The summed E-state index contributed by atoms with van der Waals surface area (Å²) in [5.41, 5.74) is 9.24. The van der Waals surface area contributed by atoms with Crippen LogP contribution in [0.15, 0.2) is 45.5 Å². The fourth-order valence-corrected chi connectivity index (χ4v) is 2.29. The van der Waals surface area contributed by atoms with Gasteiger partial charge >= 0.3 is 0 Å². The Hall–Kier alpha value is -2.05. The third-order valence-electron chi connectivity index (χ3n) is 3.13. The fourth-order valence-electron chi connectivity index (χ4n) is 1.91. The molecule has 0 aliphatic heterocycles. The Balaban J connectivity index is 1.97. The minimum atomic E-state index is 0.375. The minimum Gasteiger partial charge on any atom is -0.334 e. The van der Waals surface area contributed by atoms with Crippen LogP contribution in [0, 0.1) is 6.92 Å². The van der Waals surface area contributed by atoms with Gasteiger partial charge in [-0.2, -0.15) is 4.98 Å². The number of pyridine rings is 1. The van der Waals surface area contributed by atoms with Gasteiger partial charge in [0.1, 0.15) is 0 Å². The highest BCUT2D eigenvalue weighted by Crippen LogP contribution is 2.26. The average molecular weight is 345 g/mol. The van der Waals surface area contributed by atoms with Crippen molar-refractivity contribution in [3.8, 4) is 22.8 Å². The van der Waals surface area contributed by atoms with Crippen LogP contribution in [0.5, 0.6) is 0 Å². The van der Waals surface area contributed by atoms with Crippen molar-refractivity contribution in [1.29, 1.82) is 0 Å². The summed E-state index contributed by atoms with van der Waals surface area (Å²) in [6.45, 7) is 2.40. The lowest BCUT2D eigenvalue weighted by atomic mass is 10.1. The first kappa shape index (κ1) is 13.9. The zero-order valence-electron chi connectivity index (χ0n) is 11.4. The van der Waals surface area contributed by atoms with Crippen LogP contribution in [0.2, 0.25) is 0 Å². The number of hydrogen-bond acceptors (Lipinski definition) is 5. The molecule has 2 N–H and O–H groups in total. The molecular weight excluding hydrogens is 332 g/mol. The highest BCUT2D eigenvalue weighted by molar-refractivity contribution is 9.10. The number of benzene rings is 1. The Morgan fingerprint density at radius 2 is 2.05 bits per heavy atom. The lowest BCUT2D eigenvalue weighted by Gasteiger charge is -1.99. The van der Waals surface area contributed by atoms with Gasteiger partial charge in [-0.3, -0.25) is 4.98 Å². The topological polar surface area (TPSA) is 77.8 Å². The van der Waals surface area contributed by atoms with Gasteiger partial charge in [-0.05, 0) is 30.7 Å². The van der Waals surface area contributed by atoms with E-state index >= 15 is 0 Å². The SMILES string of the molecule is Cc1ccc(-c2noc(-c3ccnc(CN)c3)n2)cc1Br. The van der Waals surface area contributed by atoms with Gasteiger partial charge in [0, 0.05) is 28.3 Å². The summed E-state index contributed by atoms with van der Waals surface area (Å²) in [4.78, 5) is 8.58.